The van der Waals surface area contributed by atoms with Crippen LogP contribution in [0.5, 0.6) is 0 Å². The molecule has 13 heavy (non-hydrogen) atoms. The lowest BCUT2D eigenvalue weighted by molar-refractivity contribution is -0.139. The van der Waals surface area contributed by atoms with Gasteiger partial charge in [-0.1, -0.05) is 27.4 Å². The second-order valence-electron chi connectivity index (χ2n) is 4.04. The lowest BCUT2D eigenvalue weighted by Crippen LogP contribution is -2.13. The van der Waals surface area contributed by atoms with E-state index in [4.69, 9.17) is 10.00 Å². The predicted octanol–water partition coefficient (Wildman–Crippen LogP) is 2.05. The number of carbonyl (C=O) groups is 1. The Morgan fingerprint density at radius 1 is 1.54 bits per heavy atom. The quantitative estimate of drug-likeness (QED) is 0.380. The third-order valence-corrected chi connectivity index (χ3v) is 1.47. The van der Waals surface area contributed by atoms with Gasteiger partial charge in [-0.15, -0.1) is 0 Å². The Labute approximate surface area is 79.0 Å². The van der Waals surface area contributed by atoms with Crippen LogP contribution >= 0.6 is 0 Å². The molecule has 0 atom stereocenters. The van der Waals surface area contributed by atoms with Crippen molar-refractivity contribution in [3.8, 4) is 6.07 Å². The Morgan fingerprint density at radius 3 is 2.46 bits per heavy atom. The highest BCUT2D eigenvalue weighted by Gasteiger charge is 2.12. The van der Waals surface area contributed by atoms with Crippen LogP contribution in [-0.4, -0.2) is 12.6 Å². The number of nitriles is 1. The third kappa shape index (κ3) is 5.92. The standard InChI is InChI=1S/C10H15NO2/c1-8(7-11)9(12)13-6-5-10(2,3)4/h1,5-6H2,2-4H3. The summed E-state index contributed by atoms with van der Waals surface area (Å²) in [6.07, 6.45) is 0.775. The normalized spacial score (nSPS) is 10.3. The Morgan fingerprint density at radius 2 is 2.08 bits per heavy atom. The van der Waals surface area contributed by atoms with Gasteiger partial charge in [-0.05, 0) is 11.8 Å². The number of carbonyl (C=O) groups excluding carboxylic acids is 1. The first-order chi connectivity index (χ1) is 5.87. The van der Waals surface area contributed by atoms with Gasteiger partial charge < -0.3 is 4.74 Å². The topological polar surface area (TPSA) is 50.1 Å². The van der Waals surface area contributed by atoms with Gasteiger partial charge in [0.2, 0.25) is 0 Å². The molecule has 0 N–H and O–H groups in total. The number of hydrogen-bond donors (Lipinski definition) is 0. The highest BCUT2D eigenvalue weighted by atomic mass is 16.5. The minimum absolute atomic E-state index is 0.133. The molecule has 0 aromatic rings. The number of rotatable bonds is 3. The second kappa shape index (κ2) is 4.66. The van der Waals surface area contributed by atoms with Crippen molar-refractivity contribution in [2.24, 2.45) is 5.41 Å². The minimum Gasteiger partial charge on any atom is -0.462 e. The van der Waals surface area contributed by atoms with Crippen molar-refractivity contribution in [1.82, 2.24) is 0 Å². The van der Waals surface area contributed by atoms with Crippen LogP contribution in [0, 0.1) is 16.7 Å². The van der Waals surface area contributed by atoms with Crippen molar-refractivity contribution in [2.45, 2.75) is 27.2 Å². The van der Waals surface area contributed by atoms with Crippen molar-refractivity contribution in [1.29, 1.82) is 5.26 Å². The van der Waals surface area contributed by atoms with E-state index in [0.717, 1.165) is 6.42 Å². The first-order valence-corrected chi connectivity index (χ1v) is 4.13. The summed E-state index contributed by atoms with van der Waals surface area (Å²) in [6, 6.07) is 1.64. The van der Waals surface area contributed by atoms with Crippen LogP contribution in [0.1, 0.15) is 27.2 Å². The summed E-state index contributed by atoms with van der Waals surface area (Å²) in [7, 11) is 0. The molecule has 0 saturated carbocycles. The van der Waals surface area contributed by atoms with Crippen LogP contribution in [0.4, 0.5) is 0 Å². The summed E-state index contributed by atoms with van der Waals surface area (Å²) < 4.78 is 4.81. The maximum Gasteiger partial charge on any atom is 0.348 e. The number of ether oxygens (including phenoxy) is 1. The summed E-state index contributed by atoms with van der Waals surface area (Å²) in [5.74, 6) is -0.619. The molecule has 0 spiro atoms. The van der Waals surface area contributed by atoms with Gasteiger partial charge in [0, 0.05) is 0 Å². The zero-order chi connectivity index (χ0) is 10.5. The van der Waals surface area contributed by atoms with E-state index in [0.29, 0.717) is 6.61 Å². The van der Waals surface area contributed by atoms with Crippen LogP contribution < -0.4 is 0 Å². The van der Waals surface area contributed by atoms with Crippen molar-refractivity contribution < 1.29 is 9.53 Å². The Kier molecular flexibility index (Phi) is 4.19. The van der Waals surface area contributed by atoms with E-state index in [1.165, 1.54) is 0 Å². The monoisotopic (exact) mass is 181 g/mol. The minimum atomic E-state index is -0.619. The summed E-state index contributed by atoms with van der Waals surface area (Å²) in [4.78, 5) is 10.9. The number of nitrogens with zero attached hydrogens (tertiary/aromatic N) is 1. The molecule has 3 nitrogen and oxygen atoms in total. The van der Waals surface area contributed by atoms with Gasteiger partial charge in [-0.25, -0.2) is 4.79 Å². The molecule has 0 aromatic carbocycles. The van der Waals surface area contributed by atoms with E-state index in [9.17, 15) is 4.79 Å². The van der Waals surface area contributed by atoms with Gasteiger partial charge in [-0.2, -0.15) is 5.26 Å². The van der Waals surface area contributed by atoms with Gasteiger partial charge in [-0.3, -0.25) is 0 Å². The summed E-state index contributed by atoms with van der Waals surface area (Å²) in [5.41, 5.74) is -0.0113. The molecular formula is C10H15NO2. The average Bonchev–Trinajstić information content (AvgIpc) is 2.00. The van der Waals surface area contributed by atoms with E-state index < -0.39 is 5.97 Å². The van der Waals surface area contributed by atoms with Crippen molar-refractivity contribution in [3.05, 3.63) is 12.2 Å². The molecular weight excluding hydrogens is 166 g/mol. The van der Waals surface area contributed by atoms with E-state index >= 15 is 0 Å². The van der Waals surface area contributed by atoms with Gasteiger partial charge in [0.05, 0.1) is 6.61 Å². The van der Waals surface area contributed by atoms with Crippen LogP contribution in [0.3, 0.4) is 0 Å². The Bertz CT molecular complexity index is 243. The molecule has 72 valence electrons. The molecule has 0 aliphatic carbocycles. The highest BCUT2D eigenvalue weighted by Crippen LogP contribution is 2.18. The maximum atomic E-state index is 10.9. The lowest BCUT2D eigenvalue weighted by Gasteiger charge is -2.17. The van der Waals surface area contributed by atoms with E-state index in [2.05, 4.69) is 27.4 Å². The van der Waals surface area contributed by atoms with Crippen LogP contribution in [0.2, 0.25) is 0 Å². The van der Waals surface area contributed by atoms with E-state index in [1.807, 2.05) is 0 Å². The molecule has 3 heteroatoms. The first kappa shape index (κ1) is 11.7. The summed E-state index contributed by atoms with van der Waals surface area (Å²) >= 11 is 0. The molecule has 0 fully saturated rings. The van der Waals surface area contributed by atoms with Crippen molar-refractivity contribution >= 4 is 5.97 Å². The fourth-order valence-electron chi connectivity index (χ4n) is 0.583. The smallest absolute Gasteiger partial charge is 0.348 e. The molecule has 0 saturated heterocycles. The van der Waals surface area contributed by atoms with Gasteiger partial charge in [0.1, 0.15) is 11.6 Å². The fraction of sp³-hybridized carbons (Fsp3) is 0.600. The van der Waals surface area contributed by atoms with Crippen molar-refractivity contribution in [2.75, 3.05) is 6.61 Å². The first-order valence-electron chi connectivity index (χ1n) is 4.13. The molecule has 0 bridgehead atoms. The number of hydrogen-bond acceptors (Lipinski definition) is 3. The SMILES string of the molecule is C=C(C#N)C(=O)OCCC(C)(C)C. The molecule has 0 rings (SSSR count). The predicted molar refractivity (Wildman–Crippen MR) is 49.8 cm³/mol. The maximum absolute atomic E-state index is 10.9. The molecule has 0 aromatic heterocycles. The van der Waals surface area contributed by atoms with E-state index in [1.54, 1.807) is 6.07 Å². The highest BCUT2D eigenvalue weighted by molar-refractivity contribution is 5.91. The molecule has 0 heterocycles. The molecule has 0 radical (unpaired) electrons. The second-order valence-corrected chi connectivity index (χ2v) is 4.04. The van der Waals surface area contributed by atoms with Gasteiger partial charge >= 0.3 is 5.97 Å². The molecule has 0 aliphatic rings. The molecule has 0 aliphatic heterocycles. The summed E-state index contributed by atoms with van der Waals surface area (Å²) in [5, 5.41) is 8.31. The van der Waals surface area contributed by atoms with Crippen LogP contribution in [0.25, 0.3) is 0 Å². The zero-order valence-electron chi connectivity index (χ0n) is 8.39. The van der Waals surface area contributed by atoms with E-state index in [-0.39, 0.29) is 11.0 Å². The van der Waals surface area contributed by atoms with Crippen LogP contribution in [-0.2, 0) is 9.53 Å². The molecule has 0 amide bonds. The zero-order valence-corrected chi connectivity index (χ0v) is 8.39. The van der Waals surface area contributed by atoms with Gasteiger partial charge in [0.25, 0.3) is 0 Å². The average molecular weight is 181 g/mol. The van der Waals surface area contributed by atoms with Crippen LogP contribution in [0.15, 0.2) is 12.2 Å². The Hall–Kier alpha value is -1.30. The lowest BCUT2D eigenvalue weighted by atomic mass is 9.93. The summed E-state index contributed by atoms with van der Waals surface area (Å²) in [6.45, 7) is 9.76. The van der Waals surface area contributed by atoms with Gasteiger partial charge in [0.15, 0.2) is 0 Å². The number of esters is 1. The fourth-order valence-corrected chi connectivity index (χ4v) is 0.583. The van der Waals surface area contributed by atoms with Crippen molar-refractivity contribution in [3.63, 3.8) is 0 Å². The largest absolute Gasteiger partial charge is 0.462 e. The third-order valence-electron chi connectivity index (χ3n) is 1.47. The molecule has 0 unspecified atom stereocenters. The Balaban J connectivity index is 3.74.